The average Bonchev–Trinajstić information content (AvgIpc) is 3.20. The predicted octanol–water partition coefficient (Wildman–Crippen LogP) is 4.31. The van der Waals surface area contributed by atoms with Crippen molar-refractivity contribution < 1.29 is 14.3 Å². The van der Waals surface area contributed by atoms with Crippen LogP contribution in [0.15, 0.2) is 51.6 Å². The summed E-state index contributed by atoms with van der Waals surface area (Å²) < 4.78 is 5.03. The fraction of sp³-hybridized carbons (Fsp3) is 0.222. The number of ether oxygens (including phenoxy) is 1. The molecule has 0 saturated heterocycles. The molecule has 4 nitrogen and oxygen atoms in total. The fourth-order valence-electron chi connectivity index (χ4n) is 2.48. The molecule has 0 bridgehead atoms. The molecule has 0 radical (unpaired) electrons. The Labute approximate surface area is 159 Å². The maximum Gasteiger partial charge on any atom is 0.268 e. The number of benzene rings is 1. The molecule has 0 fully saturated rings. The Bertz CT molecular complexity index is 800. The van der Waals surface area contributed by atoms with Crippen LogP contribution >= 0.6 is 34.7 Å². The van der Waals surface area contributed by atoms with Crippen LogP contribution in [0.25, 0.3) is 5.57 Å². The molecule has 0 spiro atoms. The molecule has 1 aliphatic heterocycles. The molecule has 2 amide bonds. The van der Waals surface area contributed by atoms with E-state index in [0.717, 1.165) is 9.77 Å². The van der Waals surface area contributed by atoms with Gasteiger partial charge in [-0.3, -0.25) is 14.5 Å². The minimum Gasteiger partial charge on any atom is -0.385 e. The summed E-state index contributed by atoms with van der Waals surface area (Å²) in [4.78, 5) is 29.1. The van der Waals surface area contributed by atoms with Crippen molar-refractivity contribution in [1.29, 1.82) is 0 Å². The van der Waals surface area contributed by atoms with Crippen molar-refractivity contribution in [3.8, 4) is 0 Å². The summed E-state index contributed by atoms with van der Waals surface area (Å²) in [7, 11) is 1.60. The van der Waals surface area contributed by atoms with Crippen molar-refractivity contribution in [3.63, 3.8) is 0 Å². The van der Waals surface area contributed by atoms with Crippen molar-refractivity contribution in [2.45, 2.75) is 11.3 Å². The van der Waals surface area contributed by atoms with E-state index >= 15 is 0 Å². The number of hydrogen-bond donors (Lipinski definition) is 0. The van der Waals surface area contributed by atoms with Gasteiger partial charge in [0.25, 0.3) is 11.8 Å². The SMILES string of the molecule is COCCCN1C(=O)C(Sc2ccc(Cl)cc2)=C(c2cccs2)C1=O. The Balaban J connectivity index is 1.92. The predicted molar refractivity (Wildman–Crippen MR) is 102 cm³/mol. The number of amides is 2. The number of methoxy groups -OCH3 is 1. The lowest BCUT2D eigenvalue weighted by Crippen LogP contribution is -2.32. The summed E-state index contributed by atoms with van der Waals surface area (Å²) >= 11 is 8.69. The van der Waals surface area contributed by atoms with Gasteiger partial charge in [0.15, 0.2) is 0 Å². The Morgan fingerprint density at radius 1 is 1.16 bits per heavy atom. The number of carbonyl (C=O) groups is 2. The Kier molecular flexibility index (Phi) is 5.96. The van der Waals surface area contributed by atoms with Gasteiger partial charge in [0.2, 0.25) is 0 Å². The van der Waals surface area contributed by atoms with Crippen molar-refractivity contribution >= 4 is 52.1 Å². The number of hydrogen-bond acceptors (Lipinski definition) is 5. The minimum absolute atomic E-state index is 0.236. The fourth-order valence-corrected chi connectivity index (χ4v) is 4.44. The van der Waals surface area contributed by atoms with E-state index in [1.54, 1.807) is 19.2 Å². The number of nitrogens with zero attached hydrogens (tertiary/aromatic N) is 1. The van der Waals surface area contributed by atoms with Gasteiger partial charge in [-0.1, -0.05) is 29.4 Å². The summed E-state index contributed by atoms with van der Waals surface area (Å²) in [6.07, 6.45) is 0.616. The van der Waals surface area contributed by atoms with Crippen LogP contribution in [-0.4, -0.2) is 37.0 Å². The van der Waals surface area contributed by atoms with Crippen LogP contribution in [0.4, 0.5) is 0 Å². The van der Waals surface area contributed by atoms with E-state index in [1.807, 2.05) is 29.6 Å². The molecule has 1 aliphatic rings. The third-order valence-corrected chi connectivity index (χ3v) is 5.89. The number of halogens is 1. The number of carbonyl (C=O) groups excluding carboxylic acids is 2. The van der Waals surface area contributed by atoms with Crippen LogP contribution in [0.1, 0.15) is 11.3 Å². The van der Waals surface area contributed by atoms with E-state index in [9.17, 15) is 9.59 Å². The number of thiophene rings is 1. The second-order valence-corrected chi connectivity index (χ2v) is 7.81. The van der Waals surface area contributed by atoms with Crippen LogP contribution in [-0.2, 0) is 14.3 Å². The number of imide groups is 1. The van der Waals surface area contributed by atoms with Gasteiger partial charge < -0.3 is 4.74 Å². The lowest BCUT2D eigenvalue weighted by molar-refractivity contribution is -0.136. The quantitative estimate of drug-likeness (QED) is 0.519. The summed E-state index contributed by atoms with van der Waals surface area (Å²) in [6, 6.07) is 11.0. The third kappa shape index (κ3) is 3.98. The highest BCUT2D eigenvalue weighted by Gasteiger charge is 2.39. The van der Waals surface area contributed by atoms with Crippen molar-refractivity contribution in [1.82, 2.24) is 4.90 Å². The minimum atomic E-state index is -0.246. The smallest absolute Gasteiger partial charge is 0.268 e. The van der Waals surface area contributed by atoms with E-state index in [-0.39, 0.29) is 11.8 Å². The largest absolute Gasteiger partial charge is 0.385 e. The topological polar surface area (TPSA) is 46.6 Å². The van der Waals surface area contributed by atoms with Crippen LogP contribution in [0, 0.1) is 0 Å². The van der Waals surface area contributed by atoms with Crippen LogP contribution in [0.2, 0.25) is 5.02 Å². The first-order chi connectivity index (χ1) is 12.1. The van der Waals surface area contributed by atoms with Crippen molar-refractivity contribution in [2.75, 3.05) is 20.3 Å². The molecule has 2 aromatic rings. The lowest BCUT2D eigenvalue weighted by Gasteiger charge is -2.14. The van der Waals surface area contributed by atoms with Crippen molar-refractivity contribution in [2.24, 2.45) is 0 Å². The standard InChI is InChI=1S/C18H16ClNO3S2/c1-23-10-3-9-20-17(21)15(14-4-2-11-24-14)16(18(20)22)25-13-7-5-12(19)6-8-13/h2,4-8,11H,3,9-10H2,1H3. The van der Waals surface area contributed by atoms with E-state index in [0.29, 0.717) is 35.1 Å². The molecule has 0 N–H and O–H groups in total. The molecule has 0 aliphatic carbocycles. The molecule has 3 rings (SSSR count). The second kappa shape index (κ2) is 8.19. The summed E-state index contributed by atoms with van der Waals surface area (Å²) in [5.41, 5.74) is 0.484. The molecule has 1 aromatic carbocycles. The Hall–Kier alpha value is -1.60. The summed E-state index contributed by atoms with van der Waals surface area (Å²) in [5.74, 6) is -0.482. The second-order valence-electron chi connectivity index (χ2n) is 5.35. The van der Waals surface area contributed by atoms with Gasteiger partial charge in [-0.2, -0.15) is 0 Å². The zero-order valence-corrected chi connectivity index (χ0v) is 15.9. The number of thioether (sulfide) groups is 1. The molecule has 1 aromatic heterocycles. The average molecular weight is 394 g/mol. The van der Waals surface area contributed by atoms with Gasteiger partial charge in [0.1, 0.15) is 0 Å². The lowest BCUT2D eigenvalue weighted by atomic mass is 10.2. The zero-order valence-electron chi connectivity index (χ0n) is 13.5. The van der Waals surface area contributed by atoms with Gasteiger partial charge in [-0.05, 0) is 42.1 Å². The van der Waals surface area contributed by atoms with Gasteiger partial charge in [0.05, 0.1) is 10.5 Å². The van der Waals surface area contributed by atoms with Crippen LogP contribution in [0.3, 0.4) is 0 Å². The molecule has 0 unspecified atom stereocenters. The summed E-state index contributed by atoms with van der Waals surface area (Å²) in [5, 5.41) is 2.53. The first-order valence-electron chi connectivity index (χ1n) is 7.68. The molecule has 7 heteroatoms. The first-order valence-corrected chi connectivity index (χ1v) is 9.76. The third-order valence-electron chi connectivity index (χ3n) is 3.66. The normalized spacial score (nSPS) is 14.7. The van der Waals surface area contributed by atoms with Gasteiger partial charge in [-0.25, -0.2) is 0 Å². The van der Waals surface area contributed by atoms with Gasteiger partial charge >= 0.3 is 0 Å². The highest BCUT2D eigenvalue weighted by molar-refractivity contribution is 8.04. The zero-order chi connectivity index (χ0) is 17.8. The summed E-state index contributed by atoms with van der Waals surface area (Å²) in [6.45, 7) is 0.857. The molecule has 0 atom stereocenters. The van der Waals surface area contributed by atoms with Gasteiger partial charge in [-0.15, -0.1) is 11.3 Å². The van der Waals surface area contributed by atoms with Crippen molar-refractivity contribution in [3.05, 3.63) is 56.6 Å². The van der Waals surface area contributed by atoms with E-state index < -0.39 is 0 Å². The highest BCUT2D eigenvalue weighted by Crippen LogP contribution is 2.41. The van der Waals surface area contributed by atoms with Gasteiger partial charge in [0, 0.05) is 35.1 Å². The van der Waals surface area contributed by atoms with E-state index in [4.69, 9.17) is 16.3 Å². The Morgan fingerprint density at radius 2 is 1.92 bits per heavy atom. The maximum absolute atomic E-state index is 12.9. The Morgan fingerprint density at radius 3 is 2.56 bits per heavy atom. The van der Waals surface area contributed by atoms with Crippen LogP contribution < -0.4 is 0 Å². The highest BCUT2D eigenvalue weighted by atomic mass is 35.5. The molecule has 25 heavy (non-hydrogen) atoms. The van der Waals surface area contributed by atoms with E-state index in [1.165, 1.54) is 28.0 Å². The molecule has 2 heterocycles. The number of rotatable bonds is 7. The monoisotopic (exact) mass is 393 g/mol. The van der Waals surface area contributed by atoms with E-state index in [2.05, 4.69) is 0 Å². The molecule has 130 valence electrons. The first kappa shape index (κ1) is 18.2. The molecular formula is C18H16ClNO3S2. The molecular weight excluding hydrogens is 378 g/mol. The molecule has 0 saturated carbocycles. The maximum atomic E-state index is 12.9. The van der Waals surface area contributed by atoms with Crippen LogP contribution in [0.5, 0.6) is 0 Å².